The number of carbonyl (C=O) groups excluding carboxylic acids is 1. The average molecular weight is 526 g/mol. The first-order chi connectivity index (χ1) is 17.8. The van der Waals surface area contributed by atoms with Gasteiger partial charge in [0.1, 0.15) is 5.82 Å². The maximum atomic E-state index is 13.1. The molecular formula is C30H36FNO4S. The van der Waals surface area contributed by atoms with Gasteiger partial charge in [0.25, 0.3) is 10.1 Å². The molecule has 0 fully saturated rings. The second kappa shape index (κ2) is 14.1. The second-order valence-corrected chi connectivity index (χ2v) is 11.0. The van der Waals surface area contributed by atoms with Gasteiger partial charge >= 0.3 is 0 Å². The summed E-state index contributed by atoms with van der Waals surface area (Å²) in [6.07, 6.45) is 5.86. The van der Waals surface area contributed by atoms with Crippen LogP contribution in [-0.4, -0.2) is 33.7 Å². The zero-order valence-electron chi connectivity index (χ0n) is 21.4. The molecule has 0 atom stereocenters. The summed E-state index contributed by atoms with van der Waals surface area (Å²) in [5.74, 6) is -0.302. The lowest BCUT2D eigenvalue weighted by Crippen LogP contribution is -2.31. The van der Waals surface area contributed by atoms with Crippen LogP contribution in [-0.2, 0) is 30.9 Å². The van der Waals surface area contributed by atoms with Gasteiger partial charge in [-0.25, -0.2) is 4.39 Å². The molecule has 7 heteroatoms. The van der Waals surface area contributed by atoms with Crippen molar-refractivity contribution < 1.29 is 21.8 Å². The molecule has 3 aromatic rings. The lowest BCUT2D eigenvalue weighted by Gasteiger charge is -2.36. The molecule has 0 saturated heterocycles. The Kier molecular flexibility index (Phi) is 10.8. The molecule has 5 nitrogen and oxygen atoms in total. The summed E-state index contributed by atoms with van der Waals surface area (Å²) in [5, 5.41) is 3.03. The highest BCUT2D eigenvalue weighted by Crippen LogP contribution is 2.41. The van der Waals surface area contributed by atoms with Crippen LogP contribution in [0.2, 0.25) is 0 Å². The van der Waals surface area contributed by atoms with Crippen molar-refractivity contribution in [2.24, 2.45) is 0 Å². The summed E-state index contributed by atoms with van der Waals surface area (Å²) in [7, 11) is -3.45. The molecule has 0 aliphatic heterocycles. The van der Waals surface area contributed by atoms with Gasteiger partial charge in [-0.3, -0.25) is 8.98 Å². The topological polar surface area (TPSA) is 72.5 Å². The van der Waals surface area contributed by atoms with Crippen molar-refractivity contribution >= 4 is 16.0 Å². The van der Waals surface area contributed by atoms with Gasteiger partial charge in [0.05, 0.1) is 12.9 Å². The summed E-state index contributed by atoms with van der Waals surface area (Å²) in [4.78, 5) is 12.4. The molecule has 198 valence electrons. The first-order valence-electron chi connectivity index (χ1n) is 12.8. The minimum Gasteiger partial charge on any atom is -0.356 e. The van der Waals surface area contributed by atoms with Crippen molar-refractivity contribution in [3.63, 3.8) is 0 Å². The zero-order valence-corrected chi connectivity index (χ0v) is 22.2. The summed E-state index contributed by atoms with van der Waals surface area (Å²) in [5.41, 5.74) is 3.07. The fourth-order valence-corrected chi connectivity index (χ4v) is 5.16. The Morgan fingerprint density at radius 2 is 1.41 bits per heavy atom. The number of unbranched alkanes of at least 4 members (excludes halogenated alkanes) is 1. The largest absolute Gasteiger partial charge is 0.356 e. The van der Waals surface area contributed by atoms with Crippen LogP contribution in [0.1, 0.15) is 55.2 Å². The fraction of sp³-hybridized carbons (Fsp3) is 0.367. The molecule has 0 aliphatic rings. The molecule has 0 heterocycles. The number of hydrogen-bond acceptors (Lipinski definition) is 4. The number of halogens is 1. The highest BCUT2D eigenvalue weighted by Gasteiger charge is 2.33. The Bertz CT molecular complexity index is 1160. The van der Waals surface area contributed by atoms with Crippen LogP contribution in [0.4, 0.5) is 4.39 Å². The molecular weight excluding hydrogens is 489 g/mol. The lowest BCUT2D eigenvalue weighted by atomic mass is 9.68. The molecule has 37 heavy (non-hydrogen) atoms. The predicted molar refractivity (Wildman–Crippen MR) is 145 cm³/mol. The minimum absolute atomic E-state index is 0.0210. The van der Waals surface area contributed by atoms with Crippen molar-refractivity contribution in [1.29, 1.82) is 0 Å². The maximum absolute atomic E-state index is 13.1. The van der Waals surface area contributed by atoms with Crippen molar-refractivity contribution in [3.8, 4) is 0 Å². The third kappa shape index (κ3) is 9.41. The Balaban J connectivity index is 1.64. The van der Waals surface area contributed by atoms with Gasteiger partial charge in [0.15, 0.2) is 0 Å². The van der Waals surface area contributed by atoms with Crippen LogP contribution in [0.25, 0.3) is 0 Å². The van der Waals surface area contributed by atoms with E-state index in [2.05, 4.69) is 29.6 Å². The van der Waals surface area contributed by atoms with E-state index in [1.54, 1.807) is 12.1 Å². The maximum Gasteiger partial charge on any atom is 0.264 e. The van der Waals surface area contributed by atoms with E-state index in [0.29, 0.717) is 25.8 Å². The fourth-order valence-electron chi connectivity index (χ4n) is 4.74. The van der Waals surface area contributed by atoms with E-state index >= 15 is 0 Å². The van der Waals surface area contributed by atoms with E-state index in [1.165, 1.54) is 23.3 Å². The van der Waals surface area contributed by atoms with Crippen LogP contribution in [0, 0.1) is 5.82 Å². The van der Waals surface area contributed by atoms with Crippen LogP contribution in [0.15, 0.2) is 84.9 Å². The number of carbonyl (C=O) groups is 1. The molecule has 0 unspecified atom stereocenters. The number of benzene rings is 3. The van der Waals surface area contributed by atoms with Gasteiger partial charge in [0, 0.05) is 18.4 Å². The normalized spacial score (nSPS) is 11.8. The standard InChI is InChI=1S/C30H36FNO4S/c1-37(34,35)36-24-9-8-21-30(26-11-4-2-5-12-26,27-13-6-3-7-14-27)22-10-23-32-29(33)20-17-25-15-18-28(31)19-16-25/h2-7,11-16,18-19H,8-10,17,20-24H2,1H3,(H,32,33). The number of amides is 1. The van der Waals surface area contributed by atoms with Gasteiger partial charge in [0.2, 0.25) is 5.91 Å². The third-order valence-electron chi connectivity index (χ3n) is 6.60. The zero-order chi connectivity index (χ0) is 26.6. The molecule has 0 radical (unpaired) electrons. The van der Waals surface area contributed by atoms with Gasteiger partial charge in [-0.2, -0.15) is 8.42 Å². The van der Waals surface area contributed by atoms with E-state index in [9.17, 15) is 17.6 Å². The quantitative estimate of drug-likeness (QED) is 0.201. The molecule has 0 spiro atoms. The number of rotatable bonds is 15. The van der Waals surface area contributed by atoms with Crippen molar-refractivity contribution in [2.45, 2.75) is 50.4 Å². The molecule has 0 saturated carbocycles. The monoisotopic (exact) mass is 525 g/mol. The van der Waals surface area contributed by atoms with Crippen LogP contribution in [0.3, 0.4) is 0 Å². The molecule has 0 bridgehead atoms. The van der Waals surface area contributed by atoms with E-state index in [4.69, 9.17) is 4.18 Å². The number of nitrogens with one attached hydrogen (secondary N) is 1. The third-order valence-corrected chi connectivity index (χ3v) is 7.20. The van der Waals surface area contributed by atoms with Crippen LogP contribution >= 0.6 is 0 Å². The molecule has 3 rings (SSSR count). The summed E-state index contributed by atoms with van der Waals surface area (Å²) >= 11 is 0. The van der Waals surface area contributed by atoms with Gasteiger partial charge in [-0.15, -0.1) is 0 Å². The Morgan fingerprint density at radius 3 is 1.97 bits per heavy atom. The molecule has 0 aromatic heterocycles. The van der Waals surface area contributed by atoms with Crippen molar-refractivity contribution in [1.82, 2.24) is 5.32 Å². The number of aryl methyl sites for hydroxylation is 1. The van der Waals surface area contributed by atoms with Crippen LogP contribution in [0.5, 0.6) is 0 Å². The Labute approximate surface area is 220 Å². The Morgan fingerprint density at radius 1 is 0.838 bits per heavy atom. The van der Waals surface area contributed by atoms with Gasteiger partial charge in [-0.1, -0.05) is 72.8 Å². The average Bonchev–Trinajstić information content (AvgIpc) is 2.90. The first kappa shape index (κ1) is 28.5. The van der Waals surface area contributed by atoms with E-state index in [1.807, 2.05) is 36.4 Å². The minimum atomic E-state index is -3.45. The lowest BCUT2D eigenvalue weighted by molar-refractivity contribution is -0.121. The number of hydrogen-bond donors (Lipinski definition) is 1. The van der Waals surface area contributed by atoms with Crippen molar-refractivity contribution in [2.75, 3.05) is 19.4 Å². The summed E-state index contributed by atoms with van der Waals surface area (Å²) in [6.45, 7) is 0.726. The highest BCUT2D eigenvalue weighted by atomic mass is 32.2. The smallest absolute Gasteiger partial charge is 0.264 e. The SMILES string of the molecule is CS(=O)(=O)OCCCCC(CCCNC(=O)CCc1ccc(F)cc1)(c1ccccc1)c1ccccc1. The molecule has 0 aliphatic carbocycles. The van der Waals surface area contributed by atoms with Crippen LogP contribution < -0.4 is 5.32 Å². The molecule has 3 aromatic carbocycles. The van der Waals surface area contributed by atoms with Gasteiger partial charge in [-0.05, 0) is 67.3 Å². The van der Waals surface area contributed by atoms with E-state index in [0.717, 1.165) is 37.5 Å². The highest BCUT2D eigenvalue weighted by molar-refractivity contribution is 7.85. The van der Waals surface area contributed by atoms with E-state index < -0.39 is 10.1 Å². The molecule has 1 N–H and O–H groups in total. The second-order valence-electron chi connectivity index (χ2n) is 9.38. The summed E-state index contributed by atoms with van der Waals surface area (Å²) < 4.78 is 40.7. The predicted octanol–water partition coefficient (Wildman–Crippen LogP) is 5.79. The first-order valence-corrected chi connectivity index (χ1v) is 14.6. The van der Waals surface area contributed by atoms with Gasteiger partial charge < -0.3 is 5.32 Å². The Hall–Kier alpha value is -3.03. The van der Waals surface area contributed by atoms with Crippen molar-refractivity contribution in [3.05, 3.63) is 107 Å². The van der Waals surface area contributed by atoms with E-state index in [-0.39, 0.29) is 23.7 Å². The molecule has 1 amide bonds. The summed E-state index contributed by atoms with van der Waals surface area (Å²) in [6, 6.07) is 26.9.